The molecule has 3 nitrogen and oxygen atoms in total. The molecule has 2 N–H and O–H groups in total. The minimum absolute atomic E-state index is 0. The summed E-state index contributed by atoms with van der Waals surface area (Å²) in [5, 5.41) is 6.07. The molecule has 0 heterocycles. The summed E-state index contributed by atoms with van der Waals surface area (Å²) in [4.78, 5) is 11.5. The number of hydrogen-bond acceptors (Lipinski definition) is 2. The Morgan fingerprint density at radius 3 is 2.44 bits per heavy atom. The van der Waals surface area contributed by atoms with E-state index in [1.807, 2.05) is 0 Å². The summed E-state index contributed by atoms with van der Waals surface area (Å²) in [7, 11) is 0. The van der Waals surface area contributed by atoms with Gasteiger partial charge >= 0.3 is 0 Å². The maximum Gasteiger partial charge on any atom is 0.220 e. The van der Waals surface area contributed by atoms with Gasteiger partial charge in [-0.1, -0.05) is 36.8 Å². The largest absolute Gasteiger partial charge is 0.355 e. The molecule has 0 aliphatic carbocycles. The quantitative estimate of drug-likeness (QED) is 0.745. The lowest BCUT2D eigenvalue weighted by atomic mass is 10.1. The number of carbonyl (C=O) groups is 1. The molecule has 1 rings (SSSR count). The van der Waals surface area contributed by atoms with E-state index in [4.69, 9.17) is 0 Å². The summed E-state index contributed by atoms with van der Waals surface area (Å²) in [6.45, 7) is 6.61. The van der Waals surface area contributed by atoms with Crippen molar-refractivity contribution in [2.24, 2.45) is 0 Å². The van der Waals surface area contributed by atoms with Crippen molar-refractivity contribution >= 4 is 18.3 Å². The van der Waals surface area contributed by atoms with Crippen molar-refractivity contribution in [3.63, 3.8) is 0 Å². The molecule has 1 aromatic rings. The highest BCUT2D eigenvalue weighted by Crippen LogP contribution is 2.05. The second kappa shape index (κ2) is 9.92. The van der Waals surface area contributed by atoms with Gasteiger partial charge in [-0.2, -0.15) is 0 Å². The Hall–Kier alpha value is -1.06. The molecule has 18 heavy (non-hydrogen) atoms. The van der Waals surface area contributed by atoms with Crippen LogP contribution in [0.5, 0.6) is 0 Å². The van der Waals surface area contributed by atoms with Crippen LogP contribution >= 0.6 is 12.4 Å². The van der Waals surface area contributed by atoms with Gasteiger partial charge < -0.3 is 10.6 Å². The van der Waals surface area contributed by atoms with Crippen LogP contribution in [0.3, 0.4) is 0 Å². The number of nitrogens with one attached hydrogen (secondary N) is 2. The Morgan fingerprint density at radius 2 is 1.83 bits per heavy atom. The number of aryl methyl sites for hydroxylation is 2. The third-order valence-electron chi connectivity index (χ3n) is 2.64. The summed E-state index contributed by atoms with van der Waals surface area (Å²) in [5.74, 6) is 0.128. The van der Waals surface area contributed by atoms with Crippen LogP contribution in [0.4, 0.5) is 0 Å². The van der Waals surface area contributed by atoms with Crippen LogP contribution in [0.15, 0.2) is 24.3 Å². The predicted octanol–water partition coefficient (Wildman–Crippen LogP) is 2.08. The lowest BCUT2D eigenvalue weighted by Gasteiger charge is -2.05. The summed E-state index contributed by atoms with van der Waals surface area (Å²) >= 11 is 0. The van der Waals surface area contributed by atoms with E-state index in [9.17, 15) is 4.79 Å². The fourth-order valence-corrected chi connectivity index (χ4v) is 1.57. The fourth-order valence-electron chi connectivity index (χ4n) is 1.57. The van der Waals surface area contributed by atoms with Gasteiger partial charge in [0.2, 0.25) is 5.91 Å². The molecule has 0 radical (unpaired) electrons. The van der Waals surface area contributed by atoms with Crippen LogP contribution in [-0.4, -0.2) is 25.5 Å². The lowest BCUT2D eigenvalue weighted by Crippen LogP contribution is -2.31. The molecule has 102 valence electrons. The van der Waals surface area contributed by atoms with Gasteiger partial charge in [0.05, 0.1) is 0 Å². The van der Waals surface area contributed by atoms with Crippen molar-refractivity contribution in [1.29, 1.82) is 0 Å². The van der Waals surface area contributed by atoms with Crippen molar-refractivity contribution in [2.45, 2.75) is 26.7 Å². The van der Waals surface area contributed by atoms with E-state index in [0.717, 1.165) is 19.5 Å². The summed E-state index contributed by atoms with van der Waals surface area (Å²) < 4.78 is 0. The molecule has 0 saturated carbocycles. The number of rotatable bonds is 7. The maximum atomic E-state index is 11.5. The van der Waals surface area contributed by atoms with Crippen LogP contribution in [0.1, 0.15) is 24.5 Å². The van der Waals surface area contributed by atoms with E-state index in [1.54, 1.807) is 0 Å². The highest BCUT2D eigenvalue weighted by atomic mass is 35.5. The zero-order valence-corrected chi connectivity index (χ0v) is 12.0. The third-order valence-corrected chi connectivity index (χ3v) is 2.64. The van der Waals surface area contributed by atoms with Crippen molar-refractivity contribution in [1.82, 2.24) is 10.6 Å². The number of carbonyl (C=O) groups excluding carboxylic acids is 1. The predicted molar refractivity (Wildman–Crippen MR) is 78.3 cm³/mol. The number of amides is 1. The Labute approximate surface area is 116 Å². The minimum Gasteiger partial charge on any atom is -0.355 e. The standard InChI is InChI=1S/C14H22N2O.ClH/c1-3-15-10-11-16-14(17)9-8-13-6-4-12(2)5-7-13;/h4-7,15H,3,8-11H2,1-2H3,(H,16,17);1H. The molecule has 0 aliphatic heterocycles. The maximum absolute atomic E-state index is 11.5. The highest BCUT2D eigenvalue weighted by molar-refractivity contribution is 5.85. The topological polar surface area (TPSA) is 41.1 Å². The number of hydrogen-bond donors (Lipinski definition) is 2. The molecule has 0 saturated heterocycles. The first-order valence-corrected chi connectivity index (χ1v) is 6.25. The second-order valence-electron chi connectivity index (χ2n) is 4.19. The minimum atomic E-state index is 0. The number of halogens is 1. The smallest absolute Gasteiger partial charge is 0.220 e. The molecule has 0 fully saturated rings. The van der Waals surface area contributed by atoms with Gasteiger partial charge in [-0.3, -0.25) is 4.79 Å². The van der Waals surface area contributed by atoms with Gasteiger partial charge in [-0.25, -0.2) is 0 Å². The lowest BCUT2D eigenvalue weighted by molar-refractivity contribution is -0.121. The summed E-state index contributed by atoms with van der Waals surface area (Å²) in [6, 6.07) is 8.33. The summed E-state index contributed by atoms with van der Waals surface area (Å²) in [6.07, 6.45) is 1.38. The van der Waals surface area contributed by atoms with Crippen molar-refractivity contribution in [3.8, 4) is 0 Å². The molecule has 0 unspecified atom stereocenters. The van der Waals surface area contributed by atoms with Gasteiger partial charge in [0.1, 0.15) is 0 Å². The van der Waals surface area contributed by atoms with Crippen molar-refractivity contribution < 1.29 is 4.79 Å². The molecular weight excluding hydrogens is 248 g/mol. The van der Waals surface area contributed by atoms with Crippen LogP contribution in [0.2, 0.25) is 0 Å². The van der Waals surface area contributed by atoms with Crippen LogP contribution < -0.4 is 10.6 Å². The first kappa shape index (κ1) is 16.9. The van der Waals surface area contributed by atoms with E-state index in [1.165, 1.54) is 11.1 Å². The Kier molecular flexibility index (Phi) is 9.33. The van der Waals surface area contributed by atoms with Crippen molar-refractivity contribution in [3.05, 3.63) is 35.4 Å². The van der Waals surface area contributed by atoms with E-state index >= 15 is 0 Å². The monoisotopic (exact) mass is 270 g/mol. The molecule has 1 aromatic carbocycles. The molecule has 0 bridgehead atoms. The molecule has 0 aromatic heterocycles. The molecule has 4 heteroatoms. The van der Waals surface area contributed by atoms with Gasteiger partial charge in [0.25, 0.3) is 0 Å². The number of benzene rings is 1. The molecule has 0 aliphatic rings. The molecule has 0 spiro atoms. The fraction of sp³-hybridized carbons (Fsp3) is 0.500. The Balaban J connectivity index is 0.00000289. The van der Waals surface area contributed by atoms with Crippen molar-refractivity contribution in [2.75, 3.05) is 19.6 Å². The average Bonchev–Trinajstić information content (AvgIpc) is 2.34. The van der Waals surface area contributed by atoms with Gasteiger partial charge in [-0.15, -0.1) is 12.4 Å². The normalized spacial score (nSPS) is 9.67. The zero-order chi connectivity index (χ0) is 12.5. The van der Waals surface area contributed by atoms with E-state index < -0.39 is 0 Å². The number of likely N-dealkylation sites (N-methyl/N-ethyl adjacent to an activating group) is 1. The SMILES string of the molecule is CCNCCNC(=O)CCc1ccc(C)cc1.Cl. The molecular formula is C14H23ClN2O. The second-order valence-corrected chi connectivity index (χ2v) is 4.19. The Bertz CT molecular complexity index is 338. The average molecular weight is 271 g/mol. The van der Waals surface area contributed by atoms with E-state index in [-0.39, 0.29) is 18.3 Å². The zero-order valence-electron chi connectivity index (χ0n) is 11.2. The van der Waals surface area contributed by atoms with Gasteiger partial charge in [0, 0.05) is 19.5 Å². The third kappa shape index (κ3) is 7.30. The summed E-state index contributed by atoms with van der Waals surface area (Å²) in [5.41, 5.74) is 2.47. The van der Waals surface area contributed by atoms with Crippen LogP contribution in [-0.2, 0) is 11.2 Å². The van der Waals surface area contributed by atoms with Crippen LogP contribution in [0, 0.1) is 6.92 Å². The van der Waals surface area contributed by atoms with Crippen LogP contribution in [0.25, 0.3) is 0 Å². The van der Waals surface area contributed by atoms with Gasteiger partial charge in [-0.05, 0) is 25.5 Å². The van der Waals surface area contributed by atoms with Gasteiger partial charge in [0.15, 0.2) is 0 Å². The first-order chi connectivity index (χ1) is 8.22. The highest BCUT2D eigenvalue weighted by Gasteiger charge is 2.01. The molecule has 1 amide bonds. The molecule has 0 atom stereocenters. The van der Waals surface area contributed by atoms with E-state index in [0.29, 0.717) is 13.0 Å². The first-order valence-electron chi connectivity index (χ1n) is 6.25. The Morgan fingerprint density at radius 1 is 1.17 bits per heavy atom. The van der Waals surface area contributed by atoms with E-state index in [2.05, 4.69) is 48.7 Å².